The minimum absolute atomic E-state index is 0.0504. The first-order chi connectivity index (χ1) is 8.01. The normalized spacial score (nSPS) is 12.0. The van der Waals surface area contributed by atoms with Gasteiger partial charge in [0, 0.05) is 5.54 Å². The molecular weight excluding hydrogens is 214 g/mol. The molecule has 2 rings (SSSR count). The first-order valence-corrected chi connectivity index (χ1v) is 5.82. The summed E-state index contributed by atoms with van der Waals surface area (Å²) in [6, 6.07) is 5.89. The number of nitrogens with zero attached hydrogens (tertiary/aromatic N) is 2. The molecule has 4 nitrogen and oxygen atoms in total. The molecule has 92 valence electrons. The van der Waals surface area contributed by atoms with Crippen molar-refractivity contribution >= 4 is 17.0 Å². The summed E-state index contributed by atoms with van der Waals surface area (Å²) in [7, 11) is 1.65. The quantitative estimate of drug-likeness (QED) is 0.886. The third-order valence-electron chi connectivity index (χ3n) is 3.36. The standard InChI is InChI=1S/C13H19N3O/c1-5-13(2,3)16-9-7-6-8-10(17-4)11(9)15-12(16)14/h6-8H,5H2,1-4H3,(H2,14,15). The van der Waals surface area contributed by atoms with Gasteiger partial charge in [-0.1, -0.05) is 13.0 Å². The van der Waals surface area contributed by atoms with Crippen molar-refractivity contribution in [1.29, 1.82) is 0 Å². The minimum atomic E-state index is -0.0504. The molecule has 0 radical (unpaired) electrons. The average Bonchev–Trinajstić information content (AvgIpc) is 2.65. The smallest absolute Gasteiger partial charge is 0.201 e. The molecule has 0 bridgehead atoms. The Bertz CT molecular complexity index is 543. The van der Waals surface area contributed by atoms with E-state index < -0.39 is 0 Å². The Labute approximate surface area is 101 Å². The number of hydrogen-bond donors (Lipinski definition) is 1. The molecule has 0 amide bonds. The van der Waals surface area contributed by atoms with Gasteiger partial charge in [-0.2, -0.15) is 0 Å². The van der Waals surface area contributed by atoms with Crippen LogP contribution in [0, 0.1) is 0 Å². The highest BCUT2D eigenvalue weighted by Crippen LogP contribution is 2.32. The Kier molecular flexibility index (Phi) is 2.73. The van der Waals surface area contributed by atoms with Crippen LogP contribution in [-0.2, 0) is 5.54 Å². The molecule has 2 aromatic rings. The molecule has 0 aliphatic rings. The Hall–Kier alpha value is -1.71. The number of ether oxygens (including phenoxy) is 1. The number of para-hydroxylation sites is 1. The maximum atomic E-state index is 6.03. The predicted molar refractivity (Wildman–Crippen MR) is 70.3 cm³/mol. The molecule has 0 saturated heterocycles. The van der Waals surface area contributed by atoms with Crippen LogP contribution in [0.5, 0.6) is 5.75 Å². The zero-order chi connectivity index (χ0) is 12.6. The summed E-state index contributed by atoms with van der Waals surface area (Å²) in [6.07, 6.45) is 0.986. The Morgan fingerprint density at radius 2 is 2.12 bits per heavy atom. The maximum absolute atomic E-state index is 6.03. The fraction of sp³-hybridized carbons (Fsp3) is 0.462. The highest BCUT2D eigenvalue weighted by Gasteiger charge is 2.24. The zero-order valence-electron chi connectivity index (χ0n) is 10.8. The van der Waals surface area contributed by atoms with Crippen molar-refractivity contribution in [2.24, 2.45) is 0 Å². The van der Waals surface area contributed by atoms with Crippen molar-refractivity contribution in [3.05, 3.63) is 18.2 Å². The lowest BCUT2D eigenvalue weighted by Crippen LogP contribution is -2.26. The first-order valence-electron chi connectivity index (χ1n) is 5.82. The number of hydrogen-bond acceptors (Lipinski definition) is 3. The lowest BCUT2D eigenvalue weighted by molar-refractivity contribution is 0.357. The Morgan fingerprint density at radius 1 is 1.41 bits per heavy atom. The van der Waals surface area contributed by atoms with E-state index in [-0.39, 0.29) is 5.54 Å². The fourth-order valence-corrected chi connectivity index (χ4v) is 2.05. The number of nitrogen functional groups attached to an aromatic ring is 1. The van der Waals surface area contributed by atoms with Gasteiger partial charge in [0.25, 0.3) is 0 Å². The number of nitrogens with two attached hydrogens (primary N) is 1. The molecule has 0 saturated carbocycles. The zero-order valence-corrected chi connectivity index (χ0v) is 10.8. The monoisotopic (exact) mass is 233 g/mol. The van der Waals surface area contributed by atoms with Crippen LogP contribution < -0.4 is 10.5 Å². The summed E-state index contributed by atoms with van der Waals surface area (Å²) in [5.41, 5.74) is 7.83. The van der Waals surface area contributed by atoms with Crippen LogP contribution in [0.2, 0.25) is 0 Å². The second kappa shape index (κ2) is 3.95. The molecule has 0 fully saturated rings. The van der Waals surface area contributed by atoms with Gasteiger partial charge < -0.3 is 15.0 Å². The first kappa shape index (κ1) is 11.8. The number of fused-ring (bicyclic) bond motifs is 1. The summed E-state index contributed by atoms with van der Waals surface area (Å²) in [5, 5.41) is 0. The third-order valence-corrected chi connectivity index (χ3v) is 3.36. The van der Waals surface area contributed by atoms with Gasteiger partial charge in [-0.05, 0) is 32.4 Å². The van der Waals surface area contributed by atoms with E-state index >= 15 is 0 Å². The molecule has 0 unspecified atom stereocenters. The molecule has 4 heteroatoms. The van der Waals surface area contributed by atoms with Crippen molar-refractivity contribution < 1.29 is 4.74 Å². The summed E-state index contributed by atoms with van der Waals surface area (Å²) in [6.45, 7) is 6.46. The number of methoxy groups -OCH3 is 1. The molecule has 2 N–H and O–H groups in total. The molecule has 0 aliphatic heterocycles. The number of benzene rings is 1. The minimum Gasteiger partial charge on any atom is -0.494 e. The van der Waals surface area contributed by atoms with E-state index in [0.717, 1.165) is 23.2 Å². The van der Waals surface area contributed by atoms with Crippen molar-refractivity contribution in [3.63, 3.8) is 0 Å². The molecule has 0 aliphatic carbocycles. The Balaban J connectivity index is 2.77. The van der Waals surface area contributed by atoms with Gasteiger partial charge in [-0.15, -0.1) is 0 Å². The molecule has 1 aromatic carbocycles. The van der Waals surface area contributed by atoms with E-state index in [0.29, 0.717) is 5.95 Å². The highest BCUT2D eigenvalue weighted by atomic mass is 16.5. The van der Waals surface area contributed by atoms with Crippen LogP contribution >= 0.6 is 0 Å². The van der Waals surface area contributed by atoms with E-state index in [1.807, 2.05) is 18.2 Å². The maximum Gasteiger partial charge on any atom is 0.201 e. The van der Waals surface area contributed by atoms with Crippen molar-refractivity contribution in [1.82, 2.24) is 9.55 Å². The van der Waals surface area contributed by atoms with Crippen LogP contribution in [0.3, 0.4) is 0 Å². The van der Waals surface area contributed by atoms with E-state index in [9.17, 15) is 0 Å². The van der Waals surface area contributed by atoms with Gasteiger partial charge in [0.1, 0.15) is 11.3 Å². The van der Waals surface area contributed by atoms with Crippen LogP contribution in [0.25, 0.3) is 11.0 Å². The van der Waals surface area contributed by atoms with Gasteiger partial charge >= 0.3 is 0 Å². The SMILES string of the molecule is CCC(C)(C)n1c(N)nc2c(OC)cccc21. The van der Waals surface area contributed by atoms with Gasteiger partial charge in [-0.25, -0.2) is 4.98 Å². The number of rotatable bonds is 3. The topological polar surface area (TPSA) is 53.1 Å². The molecular formula is C13H19N3O. The summed E-state index contributed by atoms with van der Waals surface area (Å²) >= 11 is 0. The van der Waals surface area contributed by atoms with E-state index in [4.69, 9.17) is 10.5 Å². The van der Waals surface area contributed by atoms with Crippen LogP contribution in [0.1, 0.15) is 27.2 Å². The van der Waals surface area contributed by atoms with Crippen LogP contribution in [0.15, 0.2) is 18.2 Å². The summed E-state index contributed by atoms with van der Waals surface area (Å²) in [4.78, 5) is 4.41. The lowest BCUT2D eigenvalue weighted by atomic mass is 10.0. The number of imidazole rings is 1. The van der Waals surface area contributed by atoms with Crippen LogP contribution in [0.4, 0.5) is 5.95 Å². The Morgan fingerprint density at radius 3 is 2.71 bits per heavy atom. The van der Waals surface area contributed by atoms with Gasteiger partial charge in [0.15, 0.2) is 0 Å². The van der Waals surface area contributed by atoms with Crippen molar-refractivity contribution in [3.8, 4) is 5.75 Å². The molecule has 0 atom stereocenters. The summed E-state index contributed by atoms with van der Waals surface area (Å²) < 4.78 is 7.38. The lowest BCUT2D eigenvalue weighted by Gasteiger charge is -2.26. The van der Waals surface area contributed by atoms with Crippen LogP contribution in [-0.4, -0.2) is 16.7 Å². The number of aromatic nitrogens is 2. The average molecular weight is 233 g/mol. The molecule has 1 aromatic heterocycles. The fourth-order valence-electron chi connectivity index (χ4n) is 2.05. The van der Waals surface area contributed by atoms with E-state index in [1.165, 1.54) is 0 Å². The van der Waals surface area contributed by atoms with Crippen molar-refractivity contribution in [2.75, 3.05) is 12.8 Å². The van der Waals surface area contributed by atoms with Gasteiger partial charge in [0.2, 0.25) is 5.95 Å². The third kappa shape index (κ3) is 1.73. The van der Waals surface area contributed by atoms with Gasteiger partial charge in [-0.3, -0.25) is 0 Å². The second-order valence-electron chi connectivity index (χ2n) is 4.80. The van der Waals surface area contributed by atoms with Crippen molar-refractivity contribution in [2.45, 2.75) is 32.7 Å². The molecule has 0 spiro atoms. The molecule has 17 heavy (non-hydrogen) atoms. The number of anilines is 1. The predicted octanol–water partition coefficient (Wildman–Crippen LogP) is 2.77. The van der Waals surface area contributed by atoms with E-state index in [1.54, 1.807) is 7.11 Å². The second-order valence-corrected chi connectivity index (χ2v) is 4.80. The van der Waals surface area contributed by atoms with Gasteiger partial charge in [0.05, 0.1) is 12.6 Å². The largest absolute Gasteiger partial charge is 0.494 e. The van der Waals surface area contributed by atoms with E-state index in [2.05, 4.69) is 30.3 Å². The summed E-state index contributed by atoms with van der Waals surface area (Å²) in [5.74, 6) is 1.30. The highest BCUT2D eigenvalue weighted by molar-refractivity contribution is 5.84. The molecule has 1 heterocycles.